The standard InChI is InChI=1S/C41H50N2O3/c1-30-11-6-7-17-37(30)42-28-9-8-16-35-24-25-36(29-38(35)43-41(45)40-27-18-31(2)46-40)39(44)26-23-34-15-10-14-33(21-22-34)20-19-32-12-4-3-5-13-32/h3-7,11-13,17-18,24-25,27,29,33-34,42H,8-10,14-16,19-23,26,28H2,1-2H3,(H,43,45). The molecule has 2 N–H and O–H groups in total. The van der Waals surface area contributed by atoms with Gasteiger partial charge in [-0.15, -0.1) is 0 Å². The van der Waals surface area contributed by atoms with E-state index in [2.05, 4.69) is 66.1 Å². The van der Waals surface area contributed by atoms with Crippen LogP contribution in [0.1, 0.15) is 108 Å². The van der Waals surface area contributed by atoms with Crippen LogP contribution in [0.2, 0.25) is 0 Å². The van der Waals surface area contributed by atoms with Crippen LogP contribution in [-0.4, -0.2) is 18.2 Å². The highest BCUT2D eigenvalue weighted by atomic mass is 16.3. The molecule has 4 aromatic rings. The first kappa shape index (κ1) is 33.2. The van der Waals surface area contributed by atoms with Gasteiger partial charge in [0.05, 0.1) is 0 Å². The van der Waals surface area contributed by atoms with Crippen molar-refractivity contribution in [2.24, 2.45) is 11.8 Å². The lowest BCUT2D eigenvalue weighted by atomic mass is 9.90. The predicted octanol–water partition coefficient (Wildman–Crippen LogP) is 10.4. The molecule has 0 radical (unpaired) electrons. The van der Waals surface area contributed by atoms with Crippen molar-refractivity contribution in [3.05, 3.63) is 119 Å². The molecule has 1 amide bonds. The fraction of sp³-hybridized carbons (Fsp3) is 0.415. The Kier molecular flexibility index (Phi) is 12.3. The minimum absolute atomic E-state index is 0.156. The van der Waals surface area contributed by atoms with E-state index in [9.17, 15) is 9.59 Å². The van der Waals surface area contributed by atoms with Crippen LogP contribution in [0.4, 0.5) is 11.4 Å². The maximum absolute atomic E-state index is 13.4. The van der Waals surface area contributed by atoms with E-state index in [-0.39, 0.29) is 17.5 Å². The quantitative estimate of drug-likeness (QED) is 0.0790. The lowest BCUT2D eigenvalue weighted by molar-refractivity contribution is 0.0968. The number of ketones is 1. The van der Waals surface area contributed by atoms with Crippen molar-refractivity contribution in [1.82, 2.24) is 0 Å². The number of benzene rings is 3. The van der Waals surface area contributed by atoms with Gasteiger partial charge in [0.2, 0.25) is 0 Å². The second kappa shape index (κ2) is 17.0. The molecule has 0 aliphatic heterocycles. The van der Waals surface area contributed by atoms with Gasteiger partial charge < -0.3 is 15.1 Å². The Labute approximate surface area is 275 Å². The summed E-state index contributed by atoms with van der Waals surface area (Å²) in [5.41, 5.74) is 6.25. The third-order valence-corrected chi connectivity index (χ3v) is 9.65. The third-order valence-electron chi connectivity index (χ3n) is 9.65. The number of rotatable bonds is 15. The number of hydrogen-bond donors (Lipinski definition) is 2. The van der Waals surface area contributed by atoms with Gasteiger partial charge in [0.25, 0.3) is 5.91 Å². The number of nitrogens with one attached hydrogen (secondary N) is 2. The van der Waals surface area contributed by atoms with Gasteiger partial charge in [-0.2, -0.15) is 0 Å². The Morgan fingerprint density at radius 3 is 2.28 bits per heavy atom. The highest BCUT2D eigenvalue weighted by molar-refractivity contribution is 6.04. The number of carbonyl (C=O) groups excluding carboxylic acids is 2. The number of carbonyl (C=O) groups is 2. The van der Waals surface area contributed by atoms with Gasteiger partial charge in [-0.05, 0) is 105 Å². The van der Waals surface area contributed by atoms with E-state index < -0.39 is 0 Å². The lowest BCUT2D eigenvalue weighted by Crippen LogP contribution is -2.14. The zero-order valence-corrected chi connectivity index (χ0v) is 27.7. The molecule has 242 valence electrons. The number of unbranched alkanes of at least 4 members (excludes halogenated alkanes) is 1. The summed E-state index contributed by atoms with van der Waals surface area (Å²) in [4.78, 5) is 26.5. The van der Waals surface area contributed by atoms with Gasteiger partial charge in [-0.1, -0.05) is 92.8 Å². The topological polar surface area (TPSA) is 71.3 Å². The summed E-state index contributed by atoms with van der Waals surface area (Å²) in [5, 5.41) is 6.58. The second-order valence-electron chi connectivity index (χ2n) is 13.2. The SMILES string of the molecule is Cc1ccc(C(=O)Nc2cc(C(=O)CCC3CCCC(CCc4ccccc4)CC3)ccc2CCCCNc2ccccc2C)o1. The summed E-state index contributed by atoms with van der Waals surface area (Å²) >= 11 is 0. The van der Waals surface area contributed by atoms with Crippen molar-refractivity contribution in [1.29, 1.82) is 0 Å². The molecule has 5 heteroatoms. The molecule has 2 atom stereocenters. The van der Waals surface area contributed by atoms with Crippen molar-refractivity contribution < 1.29 is 14.0 Å². The van der Waals surface area contributed by atoms with E-state index in [1.807, 2.05) is 31.2 Å². The van der Waals surface area contributed by atoms with Crippen LogP contribution in [0, 0.1) is 25.7 Å². The first-order chi connectivity index (χ1) is 22.4. The molecular formula is C41H50N2O3. The van der Waals surface area contributed by atoms with Crippen LogP contribution >= 0.6 is 0 Å². The maximum atomic E-state index is 13.4. The maximum Gasteiger partial charge on any atom is 0.291 e. The third kappa shape index (κ3) is 9.94. The van der Waals surface area contributed by atoms with E-state index in [0.29, 0.717) is 29.3 Å². The molecule has 0 saturated heterocycles. The van der Waals surface area contributed by atoms with Crippen LogP contribution in [0.25, 0.3) is 0 Å². The molecule has 5 rings (SSSR count). The zero-order chi connectivity index (χ0) is 32.1. The summed E-state index contributed by atoms with van der Waals surface area (Å²) in [6, 6.07) is 28.5. The van der Waals surface area contributed by atoms with Crippen LogP contribution in [0.15, 0.2) is 89.3 Å². The normalized spacial score (nSPS) is 16.5. The molecule has 1 heterocycles. The summed E-state index contributed by atoms with van der Waals surface area (Å²) in [6.45, 7) is 4.82. The average molecular weight is 619 g/mol. The Hall–Kier alpha value is -4.12. The molecule has 3 aromatic carbocycles. The number of furan rings is 1. The number of hydrogen-bond acceptors (Lipinski definition) is 4. The summed E-state index contributed by atoms with van der Waals surface area (Å²) in [6.07, 6.45) is 12.9. The highest BCUT2D eigenvalue weighted by Gasteiger charge is 2.21. The molecule has 1 aromatic heterocycles. The second-order valence-corrected chi connectivity index (χ2v) is 13.2. The van der Waals surface area contributed by atoms with Gasteiger partial charge in [0, 0.05) is 29.9 Å². The van der Waals surface area contributed by atoms with Crippen molar-refractivity contribution >= 4 is 23.1 Å². The molecule has 2 unspecified atom stereocenters. The van der Waals surface area contributed by atoms with E-state index in [0.717, 1.165) is 50.1 Å². The molecule has 0 bridgehead atoms. The smallest absolute Gasteiger partial charge is 0.291 e. The Balaban J connectivity index is 1.15. The highest BCUT2D eigenvalue weighted by Crippen LogP contribution is 2.33. The fourth-order valence-electron chi connectivity index (χ4n) is 6.79. The summed E-state index contributed by atoms with van der Waals surface area (Å²) < 4.78 is 5.57. The largest absolute Gasteiger partial charge is 0.456 e. The first-order valence-corrected chi connectivity index (χ1v) is 17.3. The van der Waals surface area contributed by atoms with Crippen molar-refractivity contribution in [3.8, 4) is 0 Å². The van der Waals surface area contributed by atoms with Gasteiger partial charge >= 0.3 is 0 Å². The van der Waals surface area contributed by atoms with Crippen molar-refractivity contribution in [3.63, 3.8) is 0 Å². The van der Waals surface area contributed by atoms with Crippen LogP contribution in [-0.2, 0) is 12.8 Å². The Morgan fingerprint density at radius 1 is 0.761 bits per heavy atom. The first-order valence-electron chi connectivity index (χ1n) is 17.3. The van der Waals surface area contributed by atoms with Crippen LogP contribution < -0.4 is 10.6 Å². The van der Waals surface area contributed by atoms with E-state index in [4.69, 9.17) is 4.42 Å². The molecule has 5 nitrogen and oxygen atoms in total. The fourth-order valence-corrected chi connectivity index (χ4v) is 6.79. The van der Waals surface area contributed by atoms with Crippen LogP contribution in [0.5, 0.6) is 0 Å². The van der Waals surface area contributed by atoms with Crippen molar-refractivity contribution in [2.75, 3.05) is 17.2 Å². The number of aryl methyl sites for hydroxylation is 4. The molecule has 46 heavy (non-hydrogen) atoms. The Morgan fingerprint density at radius 2 is 1.52 bits per heavy atom. The van der Waals surface area contributed by atoms with Crippen molar-refractivity contribution in [2.45, 2.75) is 90.9 Å². The Bertz CT molecular complexity index is 1560. The summed E-state index contributed by atoms with van der Waals surface area (Å²) in [7, 11) is 0. The average Bonchev–Trinajstić information content (AvgIpc) is 3.38. The predicted molar refractivity (Wildman–Crippen MR) is 189 cm³/mol. The number of Topliss-reactive ketones (excluding diaryl/α,β-unsaturated/α-hetero) is 1. The lowest BCUT2D eigenvalue weighted by Gasteiger charge is -2.16. The number of para-hydroxylation sites is 1. The molecule has 1 fully saturated rings. The summed E-state index contributed by atoms with van der Waals surface area (Å²) in [5.74, 6) is 2.23. The molecule has 0 spiro atoms. The molecule has 1 saturated carbocycles. The van der Waals surface area contributed by atoms with E-state index in [1.165, 1.54) is 55.3 Å². The molecular weight excluding hydrogens is 568 g/mol. The van der Waals surface area contributed by atoms with Crippen LogP contribution in [0.3, 0.4) is 0 Å². The van der Waals surface area contributed by atoms with Gasteiger partial charge in [0.1, 0.15) is 5.76 Å². The monoisotopic (exact) mass is 618 g/mol. The van der Waals surface area contributed by atoms with Gasteiger partial charge in [0.15, 0.2) is 11.5 Å². The molecule has 1 aliphatic rings. The van der Waals surface area contributed by atoms with Gasteiger partial charge in [-0.3, -0.25) is 9.59 Å². The number of amides is 1. The van der Waals surface area contributed by atoms with Gasteiger partial charge in [-0.25, -0.2) is 0 Å². The van der Waals surface area contributed by atoms with E-state index in [1.54, 1.807) is 12.1 Å². The molecule has 1 aliphatic carbocycles. The zero-order valence-electron chi connectivity index (χ0n) is 27.7. The van der Waals surface area contributed by atoms with E-state index >= 15 is 0 Å². The minimum atomic E-state index is -0.291. The number of anilines is 2. The minimum Gasteiger partial charge on any atom is -0.456 e.